The number of hydrogen-bond acceptors (Lipinski definition) is 5. The molecule has 0 bridgehead atoms. The predicted molar refractivity (Wildman–Crippen MR) is 135 cm³/mol. The molecular weight excluding hydrogens is 444 g/mol. The first-order chi connectivity index (χ1) is 16.3. The molecule has 4 atom stereocenters. The maximum Gasteiger partial charge on any atom is 0.261 e. The number of aliphatic hydroxyl groups excluding tert-OH is 2. The Morgan fingerprint density at radius 3 is 1.79 bits per heavy atom. The average molecular weight is 479 g/mol. The Labute approximate surface area is 203 Å². The fraction of sp³-hybridized carbons (Fsp3) is 0.357. The molecular formula is C28H34O5Si. The van der Waals surface area contributed by atoms with Crippen LogP contribution in [0, 0.1) is 0 Å². The molecule has 4 rings (SSSR count). The predicted octanol–water partition coefficient (Wildman–Crippen LogP) is 3.23. The van der Waals surface area contributed by atoms with E-state index >= 15 is 0 Å². The molecule has 0 aromatic heterocycles. The largest absolute Gasteiger partial charge is 0.405 e. The van der Waals surface area contributed by atoms with Crippen LogP contribution in [0.4, 0.5) is 0 Å². The van der Waals surface area contributed by atoms with Crippen LogP contribution in [0.1, 0.15) is 26.3 Å². The molecule has 5 nitrogen and oxygen atoms in total. The average Bonchev–Trinajstić information content (AvgIpc) is 3.12. The summed E-state index contributed by atoms with van der Waals surface area (Å²) in [5.41, 5.74) is 0.989. The third kappa shape index (κ3) is 5.03. The van der Waals surface area contributed by atoms with Gasteiger partial charge in [-0.05, 0) is 21.0 Å². The van der Waals surface area contributed by atoms with Crippen LogP contribution in [0.15, 0.2) is 91.0 Å². The first-order valence-electron chi connectivity index (χ1n) is 11.7. The van der Waals surface area contributed by atoms with E-state index in [2.05, 4.69) is 45.0 Å². The summed E-state index contributed by atoms with van der Waals surface area (Å²) >= 11 is 0. The van der Waals surface area contributed by atoms with E-state index in [0.29, 0.717) is 6.61 Å². The van der Waals surface area contributed by atoms with Crippen LogP contribution < -0.4 is 10.4 Å². The van der Waals surface area contributed by atoms with E-state index in [4.69, 9.17) is 13.9 Å². The van der Waals surface area contributed by atoms with Gasteiger partial charge in [0.15, 0.2) is 6.29 Å². The second-order valence-electron chi connectivity index (χ2n) is 9.79. The summed E-state index contributed by atoms with van der Waals surface area (Å²) in [4.78, 5) is 0. The van der Waals surface area contributed by atoms with Crippen LogP contribution in [-0.2, 0) is 20.5 Å². The smallest absolute Gasteiger partial charge is 0.261 e. The zero-order valence-corrected chi connectivity index (χ0v) is 21.0. The maximum atomic E-state index is 10.6. The van der Waals surface area contributed by atoms with E-state index in [1.54, 1.807) is 0 Å². The molecule has 0 amide bonds. The van der Waals surface area contributed by atoms with Crippen molar-refractivity contribution in [3.8, 4) is 0 Å². The van der Waals surface area contributed by atoms with E-state index < -0.39 is 32.9 Å². The highest BCUT2D eigenvalue weighted by Crippen LogP contribution is 2.37. The second kappa shape index (κ2) is 10.5. The lowest BCUT2D eigenvalue weighted by Gasteiger charge is -2.43. The molecule has 1 aliphatic rings. The number of aliphatic hydroxyl groups is 2. The van der Waals surface area contributed by atoms with Gasteiger partial charge in [0.2, 0.25) is 0 Å². The fourth-order valence-corrected chi connectivity index (χ4v) is 9.36. The van der Waals surface area contributed by atoms with Crippen molar-refractivity contribution >= 4 is 18.7 Å². The van der Waals surface area contributed by atoms with Crippen molar-refractivity contribution in [3.05, 3.63) is 96.6 Å². The Balaban J connectivity index is 1.62. The molecule has 1 saturated heterocycles. The quantitative estimate of drug-likeness (QED) is 0.487. The van der Waals surface area contributed by atoms with Crippen LogP contribution in [-0.4, -0.2) is 49.7 Å². The SMILES string of the molecule is CC(C)(C)[Si](OC[C@H]1OC(O)[C@@H](O)[C@H]1OCc1ccccc1)(c1ccccc1)c1ccccc1. The summed E-state index contributed by atoms with van der Waals surface area (Å²) in [6.07, 6.45) is -3.76. The van der Waals surface area contributed by atoms with E-state index in [1.807, 2.05) is 66.7 Å². The van der Waals surface area contributed by atoms with E-state index in [-0.39, 0.29) is 11.6 Å². The van der Waals surface area contributed by atoms with Crippen LogP contribution >= 0.6 is 0 Å². The van der Waals surface area contributed by atoms with Gasteiger partial charge in [0.1, 0.15) is 18.3 Å². The van der Waals surface area contributed by atoms with Crippen molar-refractivity contribution in [3.63, 3.8) is 0 Å². The Kier molecular flexibility index (Phi) is 7.67. The van der Waals surface area contributed by atoms with Crippen molar-refractivity contribution in [2.45, 2.75) is 57.0 Å². The molecule has 3 aromatic carbocycles. The maximum absolute atomic E-state index is 10.6. The van der Waals surface area contributed by atoms with Crippen LogP contribution in [0.25, 0.3) is 0 Å². The third-order valence-corrected chi connectivity index (χ3v) is 11.5. The van der Waals surface area contributed by atoms with Gasteiger partial charge in [0.05, 0.1) is 13.2 Å². The second-order valence-corrected chi connectivity index (χ2v) is 14.1. The van der Waals surface area contributed by atoms with Gasteiger partial charge in [-0.1, -0.05) is 112 Å². The molecule has 180 valence electrons. The Morgan fingerprint density at radius 2 is 1.29 bits per heavy atom. The first-order valence-corrected chi connectivity index (χ1v) is 13.7. The lowest BCUT2D eigenvalue weighted by Crippen LogP contribution is -2.67. The molecule has 1 heterocycles. The van der Waals surface area contributed by atoms with Crippen LogP contribution in [0.2, 0.25) is 5.04 Å². The highest BCUT2D eigenvalue weighted by atomic mass is 28.4. The lowest BCUT2D eigenvalue weighted by atomic mass is 10.1. The third-order valence-electron chi connectivity index (χ3n) is 6.48. The van der Waals surface area contributed by atoms with Crippen molar-refractivity contribution in [2.24, 2.45) is 0 Å². The highest BCUT2D eigenvalue weighted by molar-refractivity contribution is 6.99. The van der Waals surface area contributed by atoms with Gasteiger partial charge < -0.3 is 24.1 Å². The Hall–Kier alpha value is -2.32. The number of ether oxygens (including phenoxy) is 2. The van der Waals surface area contributed by atoms with Gasteiger partial charge in [-0.3, -0.25) is 0 Å². The Morgan fingerprint density at radius 1 is 0.794 bits per heavy atom. The van der Waals surface area contributed by atoms with Gasteiger partial charge in [-0.2, -0.15) is 0 Å². The standard InChI is InChI=1S/C28H34O5Si/c1-28(2,3)34(22-15-9-5-10-16-22,23-17-11-6-12-18-23)32-20-24-26(25(29)27(30)33-24)31-19-21-13-7-4-8-14-21/h4-18,24-27,29-30H,19-20H2,1-3H3/t24-,25+,26+,27?/m1/s1. The first kappa shape index (κ1) is 24.8. The van der Waals surface area contributed by atoms with Crippen molar-refractivity contribution in [1.29, 1.82) is 0 Å². The molecule has 1 aliphatic heterocycles. The van der Waals surface area contributed by atoms with Gasteiger partial charge in [0.25, 0.3) is 8.32 Å². The van der Waals surface area contributed by atoms with Crippen LogP contribution in [0.5, 0.6) is 0 Å². The molecule has 3 aromatic rings. The monoisotopic (exact) mass is 478 g/mol. The van der Waals surface area contributed by atoms with Crippen molar-refractivity contribution in [1.82, 2.24) is 0 Å². The van der Waals surface area contributed by atoms with Crippen molar-refractivity contribution < 1.29 is 24.1 Å². The summed E-state index contributed by atoms with van der Waals surface area (Å²) in [5, 5.41) is 23.0. The Bertz CT molecular complexity index is 983. The summed E-state index contributed by atoms with van der Waals surface area (Å²) in [6.45, 7) is 7.14. The molecule has 1 unspecified atom stereocenters. The minimum Gasteiger partial charge on any atom is -0.405 e. The normalized spacial score (nSPS) is 23.2. The van der Waals surface area contributed by atoms with E-state index in [9.17, 15) is 10.2 Å². The van der Waals surface area contributed by atoms with Crippen LogP contribution in [0.3, 0.4) is 0 Å². The topological polar surface area (TPSA) is 68.2 Å². The molecule has 6 heteroatoms. The molecule has 0 spiro atoms. The lowest BCUT2D eigenvalue weighted by molar-refractivity contribution is -0.132. The molecule has 2 N–H and O–H groups in total. The van der Waals surface area contributed by atoms with E-state index in [0.717, 1.165) is 15.9 Å². The molecule has 0 saturated carbocycles. The number of benzene rings is 3. The minimum absolute atomic E-state index is 0.189. The van der Waals surface area contributed by atoms with Gasteiger partial charge in [-0.15, -0.1) is 0 Å². The van der Waals surface area contributed by atoms with E-state index in [1.165, 1.54) is 0 Å². The van der Waals surface area contributed by atoms with Gasteiger partial charge >= 0.3 is 0 Å². The molecule has 0 radical (unpaired) electrons. The molecule has 34 heavy (non-hydrogen) atoms. The fourth-order valence-electron chi connectivity index (χ4n) is 4.79. The zero-order chi connectivity index (χ0) is 24.2. The van der Waals surface area contributed by atoms with Gasteiger partial charge in [-0.25, -0.2) is 0 Å². The molecule has 0 aliphatic carbocycles. The van der Waals surface area contributed by atoms with Crippen molar-refractivity contribution in [2.75, 3.05) is 6.61 Å². The highest BCUT2D eigenvalue weighted by Gasteiger charge is 2.52. The summed E-state index contributed by atoms with van der Waals surface area (Å²) in [5.74, 6) is 0. The van der Waals surface area contributed by atoms with Gasteiger partial charge in [0, 0.05) is 0 Å². The number of hydrogen-bond donors (Lipinski definition) is 2. The summed E-state index contributed by atoms with van der Waals surface area (Å²) in [6, 6.07) is 30.5. The minimum atomic E-state index is -2.78. The molecule has 1 fully saturated rings. The zero-order valence-electron chi connectivity index (χ0n) is 20.0. The number of rotatable bonds is 8. The summed E-state index contributed by atoms with van der Waals surface area (Å²) < 4.78 is 18.7. The summed E-state index contributed by atoms with van der Waals surface area (Å²) in [7, 11) is -2.78.